The van der Waals surface area contributed by atoms with Crippen LogP contribution in [0.2, 0.25) is 10.0 Å². The highest BCUT2D eigenvalue weighted by Gasteiger charge is 2.29. The van der Waals surface area contributed by atoms with E-state index in [0.29, 0.717) is 26.9 Å². The SMILES string of the molecule is N#CN=C(Nc1cccc(OC(F)F)c1)N1C=C(CNC(=O)O)C(c2ccc(Cl)c(Cl)c2)N1. The van der Waals surface area contributed by atoms with E-state index in [-0.39, 0.29) is 18.3 Å². The molecule has 0 spiro atoms. The van der Waals surface area contributed by atoms with E-state index >= 15 is 0 Å². The second kappa shape index (κ2) is 10.8. The lowest BCUT2D eigenvalue weighted by molar-refractivity contribution is -0.0498. The fourth-order valence-electron chi connectivity index (χ4n) is 3.00. The van der Waals surface area contributed by atoms with Gasteiger partial charge in [0.25, 0.3) is 0 Å². The van der Waals surface area contributed by atoms with Gasteiger partial charge in [-0.05, 0) is 35.4 Å². The van der Waals surface area contributed by atoms with Gasteiger partial charge in [0.1, 0.15) is 5.75 Å². The molecule has 1 aliphatic heterocycles. The molecule has 172 valence electrons. The summed E-state index contributed by atoms with van der Waals surface area (Å²) in [6.45, 7) is -3.03. The molecular weight excluding hydrogens is 481 g/mol. The van der Waals surface area contributed by atoms with Gasteiger partial charge in [0.05, 0.1) is 16.1 Å². The molecule has 4 N–H and O–H groups in total. The number of anilines is 1. The summed E-state index contributed by atoms with van der Waals surface area (Å²) < 4.78 is 29.4. The van der Waals surface area contributed by atoms with Crippen molar-refractivity contribution in [3.63, 3.8) is 0 Å². The maximum absolute atomic E-state index is 12.5. The molecular formula is C20H16Cl2F2N6O3. The van der Waals surface area contributed by atoms with Crippen molar-refractivity contribution in [2.24, 2.45) is 4.99 Å². The van der Waals surface area contributed by atoms with Crippen LogP contribution in [0.15, 0.2) is 59.2 Å². The summed E-state index contributed by atoms with van der Waals surface area (Å²) >= 11 is 12.1. The first-order valence-electron chi connectivity index (χ1n) is 9.23. The predicted molar refractivity (Wildman–Crippen MR) is 118 cm³/mol. The number of aliphatic imine (C=N–C) groups is 1. The van der Waals surface area contributed by atoms with Crippen molar-refractivity contribution in [1.82, 2.24) is 15.8 Å². The van der Waals surface area contributed by atoms with E-state index < -0.39 is 18.7 Å². The number of carboxylic acid groups (broad SMARTS) is 1. The summed E-state index contributed by atoms with van der Waals surface area (Å²) in [5.74, 6) is -0.0849. The van der Waals surface area contributed by atoms with Gasteiger partial charge in [0.15, 0.2) is 0 Å². The Morgan fingerprint density at radius 2 is 2.09 bits per heavy atom. The van der Waals surface area contributed by atoms with Crippen molar-refractivity contribution in [3.8, 4) is 11.9 Å². The number of carbonyl (C=O) groups is 1. The second-order valence-corrected chi connectivity index (χ2v) is 7.35. The number of halogens is 4. The van der Waals surface area contributed by atoms with Gasteiger partial charge < -0.3 is 20.5 Å². The number of alkyl halides is 2. The summed E-state index contributed by atoms with van der Waals surface area (Å²) in [5.41, 5.74) is 4.67. The summed E-state index contributed by atoms with van der Waals surface area (Å²) in [5, 5.41) is 25.3. The van der Waals surface area contributed by atoms with Crippen LogP contribution in [0.1, 0.15) is 11.6 Å². The molecule has 0 aromatic heterocycles. The zero-order valence-electron chi connectivity index (χ0n) is 16.6. The Labute approximate surface area is 196 Å². The highest BCUT2D eigenvalue weighted by molar-refractivity contribution is 6.42. The van der Waals surface area contributed by atoms with Crippen molar-refractivity contribution in [2.45, 2.75) is 12.7 Å². The van der Waals surface area contributed by atoms with E-state index in [1.54, 1.807) is 36.7 Å². The van der Waals surface area contributed by atoms with E-state index in [4.69, 9.17) is 33.6 Å². The van der Waals surface area contributed by atoms with Crippen LogP contribution < -0.4 is 20.8 Å². The maximum atomic E-state index is 12.5. The molecule has 2 aromatic carbocycles. The minimum absolute atomic E-state index is 0.00193. The third-order valence-corrected chi connectivity index (χ3v) is 5.09. The van der Waals surface area contributed by atoms with Crippen LogP contribution in [0.4, 0.5) is 19.3 Å². The highest BCUT2D eigenvalue weighted by Crippen LogP contribution is 2.32. The number of benzene rings is 2. The molecule has 1 aliphatic rings. The molecule has 13 heteroatoms. The van der Waals surface area contributed by atoms with E-state index in [0.717, 1.165) is 0 Å². The average molecular weight is 497 g/mol. The zero-order chi connectivity index (χ0) is 24.0. The number of hydrazine groups is 1. The molecule has 3 rings (SSSR count). The summed E-state index contributed by atoms with van der Waals surface area (Å²) in [6.07, 6.45) is 1.99. The minimum atomic E-state index is -2.99. The fourth-order valence-corrected chi connectivity index (χ4v) is 3.30. The molecule has 0 saturated heterocycles. The molecule has 1 atom stereocenters. The van der Waals surface area contributed by atoms with E-state index in [2.05, 4.69) is 25.8 Å². The third-order valence-electron chi connectivity index (χ3n) is 4.35. The number of rotatable bonds is 6. The average Bonchev–Trinajstić information content (AvgIpc) is 3.18. The molecule has 33 heavy (non-hydrogen) atoms. The van der Waals surface area contributed by atoms with Crippen LogP contribution in [-0.4, -0.2) is 35.3 Å². The number of ether oxygens (including phenoxy) is 1. The van der Waals surface area contributed by atoms with E-state index in [9.17, 15) is 13.6 Å². The topological polar surface area (TPSA) is 122 Å². The van der Waals surface area contributed by atoms with Crippen molar-refractivity contribution >= 4 is 40.9 Å². The summed E-state index contributed by atoms with van der Waals surface area (Å²) in [7, 11) is 0. The molecule has 0 saturated carbocycles. The maximum Gasteiger partial charge on any atom is 0.404 e. The van der Waals surface area contributed by atoms with Crippen LogP contribution in [0, 0.1) is 11.5 Å². The molecule has 9 nitrogen and oxygen atoms in total. The molecule has 1 amide bonds. The number of guanidine groups is 1. The standard InChI is InChI=1S/C20H16Cl2F2N6O3/c21-15-5-4-11(6-16(15)22)17-12(8-26-20(31)32)9-30(29-17)19(27-10-25)28-13-2-1-3-14(7-13)33-18(23)24/h1-7,9,17-18,26,29H,8H2,(H,27,28)(H,31,32). The van der Waals surface area contributed by atoms with Crippen LogP contribution >= 0.6 is 23.2 Å². The van der Waals surface area contributed by atoms with Crippen molar-refractivity contribution in [2.75, 3.05) is 11.9 Å². The first-order chi connectivity index (χ1) is 15.8. The van der Waals surface area contributed by atoms with Crippen molar-refractivity contribution in [1.29, 1.82) is 5.26 Å². The Morgan fingerprint density at radius 3 is 2.76 bits per heavy atom. The molecule has 0 bridgehead atoms. The lowest BCUT2D eigenvalue weighted by atomic mass is 10.0. The molecule has 0 aliphatic carbocycles. The van der Waals surface area contributed by atoms with Gasteiger partial charge in [0, 0.05) is 24.5 Å². The van der Waals surface area contributed by atoms with Gasteiger partial charge in [0.2, 0.25) is 12.2 Å². The van der Waals surface area contributed by atoms with Gasteiger partial charge in [-0.2, -0.15) is 14.0 Å². The first kappa shape index (κ1) is 24.1. The first-order valence-corrected chi connectivity index (χ1v) is 9.99. The van der Waals surface area contributed by atoms with Gasteiger partial charge in [-0.3, -0.25) is 5.01 Å². The Hall–Kier alpha value is -3.59. The van der Waals surface area contributed by atoms with Crippen LogP contribution in [0.5, 0.6) is 5.75 Å². The number of nitriles is 1. The second-order valence-electron chi connectivity index (χ2n) is 6.54. The Kier molecular flexibility index (Phi) is 7.89. The van der Waals surface area contributed by atoms with Crippen molar-refractivity contribution in [3.05, 3.63) is 69.8 Å². The Bertz CT molecular complexity index is 1140. The lowest BCUT2D eigenvalue weighted by Crippen LogP contribution is -2.40. The van der Waals surface area contributed by atoms with Crippen LogP contribution in [0.3, 0.4) is 0 Å². The van der Waals surface area contributed by atoms with Gasteiger partial charge in [-0.15, -0.1) is 4.99 Å². The monoisotopic (exact) mass is 496 g/mol. The number of hydrogen-bond acceptors (Lipinski definition) is 5. The number of hydrogen-bond donors (Lipinski definition) is 4. The summed E-state index contributed by atoms with van der Waals surface area (Å²) in [4.78, 5) is 14.7. The number of amides is 1. The van der Waals surface area contributed by atoms with Crippen LogP contribution in [-0.2, 0) is 0 Å². The smallest absolute Gasteiger partial charge is 0.404 e. The quantitative estimate of drug-likeness (QED) is 0.262. The van der Waals surface area contributed by atoms with E-state index in [1.807, 2.05) is 0 Å². The largest absolute Gasteiger partial charge is 0.465 e. The fraction of sp³-hybridized carbons (Fsp3) is 0.150. The van der Waals surface area contributed by atoms with Gasteiger partial charge in [-0.1, -0.05) is 35.3 Å². The Balaban J connectivity index is 1.88. The number of nitrogens with zero attached hydrogens (tertiary/aromatic N) is 3. The highest BCUT2D eigenvalue weighted by atomic mass is 35.5. The zero-order valence-corrected chi connectivity index (χ0v) is 18.1. The number of nitrogens with one attached hydrogen (secondary N) is 3. The molecule has 0 radical (unpaired) electrons. The summed E-state index contributed by atoms with van der Waals surface area (Å²) in [6, 6.07) is 10.1. The lowest BCUT2D eigenvalue weighted by Gasteiger charge is -2.22. The molecule has 0 fully saturated rings. The van der Waals surface area contributed by atoms with E-state index in [1.165, 1.54) is 23.2 Å². The normalized spacial score (nSPS) is 15.8. The Morgan fingerprint density at radius 1 is 1.30 bits per heavy atom. The van der Waals surface area contributed by atoms with Crippen LogP contribution in [0.25, 0.3) is 0 Å². The van der Waals surface area contributed by atoms with Gasteiger partial charge in [-0.25, -0.2) is 10.2 Å². The predicted octanol–water partition coefficient (Wildman–Crippen LogP) is 4.56. The minimum Gasteiger partial charge on any atom is -0.465 e. The third kappa shape index (κ3) is 6.45. The molecule has 1 heterocycles. The molecule has 2 aromatic rings. The molecule has 1 unspecified atom stereocenters. The van der Waals surface area contributed by atoms with Gasteiger partial charge >= 0.3 is 12.7 Å². The van der Waals surface area contributed by atoms with Crippen molar-refractivity contribution < 1.29 is 23.4 Å².